The van der Waals surface area contributed by atoms with E-state index in [2.05, 4.69) is 33.7 Å². The lowest BCUT2D eigenvalue weighted by Gasteiger charge is -1.97. The van der Waals surface area contributed by atoms with E-state index in [4.69, 9.17) is 0 Å². The fraction of sp³-hybridized carbons (Fsp3) is 0. The Bertz CT molecular complexity index is 635. The molecule has 1 aromatic heterocycles. The lowest BCUT2D eigenvalue weighted by Crippen LogP contribution is -1.89. The number of aromatic amines is 1. The third-order valence-electron chi connectivity index (χ3n) is 2.72. The number of nitrogens with one attached hydrogen (secondary N) is 2. The molecule has 0 bridgehead atoms. The summed E-state index contributed by atoms with van der Waals surface area (Å²) in [5.41, 5.74) is 6.07. The molecule has 0 aliphatic rings. The fourth-order valence-corrected chi connectivity index (χ4v) is 1.85. The van der Waals surface area contributed by atoms with Crippen molar-refractivity contribution in [1.29, 1.82) is 0 Å². The highest BCUT2D eigenvalue weighted by molar-refractivity contribution is 5.89. The first kappa shape index (κ1) is 10.6. The van der Waals surface area contributed by atoms with Crippen molar-refractivity contribution in [2.24, 2.45) is 5.10 Å². The van der Waals surface area contributed by atoms with Crippen LogP contribution in [0.1, 0.15) is 5.69 Å². The number of nitrogens with zero attached hydrogens (tertiary/aromatic N) is 1. The van der Waals surface area contributed by atoms with Gasteiger partial charge in [-0.1, -0.05) is 36.4 Å². The molecule has 3 heteroatoms. The van der Waals surface area contributed by atoms with Crippen LogP contribution in [-0.4, -0.2) is 11.2 Å². The normalized spacial score (nSPS) is 11.1. The van der Waals surface area contributed by atoms with Crippen molar-refractivity contribution in [2.75, 3.05) is 5.43 Å². The highest BCUT2D eigenvalue weighted by Gasteiger charge is 1.96. The molecule has 2 N–H and O–H groups in total. The van der Waals surface area contributed by atoms with Crippen LogP contribution < -0.4 is 5.43 Å². The maximum atomic E-state index is 4.20. The van der Waals surface area contributed by atoms with Crippen molar-refractivity contribution in [3.05, 3.63) is 66.4 Å². The van der Waals surface area contributed by atoms with Gasteiger partial charge in [0.25, 0.3) is 0 Å². The van der Waals surface area contributed by atoms with Crippen molar-refractivity contribution >= 4 is 22.8 Å². The van der Waals surface area contributed by atoms with Gasteiger partial charge in [-0.05, 0) is 24.3 Å². The van der Waals surface area contributed by atoms with Crippen LogP contribution in [-0.2, 0) is 0 Å². The van der Waals surface area contributed by atoms with E-state index in [9.17, 15) is 0 Å². The van der Waals surface area contributed by atoms with Crippen LogP contribution in [0.3, 0.4) is 0 Å². The average molecular weight is 235 g/mol. The standard InChI is InChI=1S/C15H13N3/c1-2-7-13(8-3-1)18-16-11-14-10-12-6-4-5-9-15(12)17-14/h1-11,17-18H/b16-11+. The second kappa shape index (κ2) is 4.75. The molecule has 3 aromatic rings. The van der Waals surface area contributed by atoms with Crippen molar-refractivity contribution < 1.29 is 0 Å². The first-order valence-corrected chi connectivity index (χ1v) is 5.84. The molecule has 0 saturated carbocycles. The Morgan fingerprint density at radius 2 is 1.72 bits per heavy atom. The summed E-state index contributed by atoms with van der Waals surface area (Å²) in [5.74, 6) is 0. The minimum atomic E-state index is 0.977. The van der Waals surface area contributed by atoms with E-state index in [0.717, 1.165) is 16.9 Å². The second-order valence-electron chi connectivity index (χ2n) is 4.05. The summed E-state index contributed by atoms with van der Waals surface area (Å²) < 4.78 is 0. The smallest absolute Gasteiger partial charge is 0.0707 e. The monoisotopic (exact) mass is 235 g/mol. The molecular weight excluding hydrogens is 222 g/mol. The third kappa shape index (κ3) is 2.25. The summed E-state index contributed by atoms with van der Waals surface area (Å²) >= 11 is 0. The number of para-hydroxylation sites is 2. The molecule has 0 unspecified atom stereocenters. The Kier molecular flexibility index (Phi) is 2.80. The molecule has 0 saturated heterocycles. The van der Waals surface area contributed by atoms with Gasteiger partial charge in [-0.3, -0.25) is 5.43 Å². The van der Waals surface area contributed by atoms with Crippen LogP contribution in [0.25, 0.3) is 10.9 Å². The predicted octanol–water partition coefficient (Wildman–Crippen LogP) is 3.61. The summed E-state index contributed by atoms with van der Waals surface area (Å²) in [6.07, 6.45) is 1.78. The quantitative estimate of drug-likeness (QED) is 0.528. The number of aromatic nitrogens is 1. The molecule has 0 fully saturated rings. The molecule has 2 aromatic carbocycles. The van der Waals surface area contributed by atoms with Crippen LogP contribution in [0.2, 0.25) is 0 Å². The highest BCUT2D eigenvalue weighted by atomic mass is 15.3. The van der Waals surface area contributed by atoms with Gasteiger partial charge in [0.05, 0.1) is 17.6 Å². The number of fused-ring (bicyclic) bond motifs is 1. The fourth-order valence-electron chi connectivity index (χ4n) is 1.85. The summed E-state index contributed by atoms with van der Waals surface area (Å²) in [7, 11) is 0. The van der Waals surface area contributed by atoms with Crippen LogP contribution in [0.4, 0.5) is 5.69 Å². The average Bonchev–Trinajstić information content (AvgIpc) is 2.82. The van der Waals surface area contributed by atoms with Crippen LogP contribution in [0, 0.1) is 0 Å². The van der Waals surface area contributed by atoms with E-state index < -0.39 is 0 Å². The Balaban J connectivity index is 1.76. The molecule has 3 rings (SSSR count). The SMILES string of the molecule is C(=N\Nc1ccccc1)/c1cc2ccccc2[nH]1. The highest BCUT2D eigenvalue weighted by Crippen LogP contribution is 2.13. The zero-order valence-corrected chi connectivity index (χ0v) is 9.80. The van der Waals surface area contributed by atoms with Gasteiger partial charge in [-0.15, -0.1) is 0 Å². The van der Waals surface area contributed by atoms with Crippen LogP contribution in [0.5, 0.6) is 0 Å². The van der Waals surface area contributed by atoms with Gasteiger partial charge in [0.1, 0.15) is 0 Å². The molecule has 0 aliphatic heterocycles. The number of anilines is 1. The summed E-state index contributed by atoms with van der Waals surface area (Å²) in [6.45, 7) is 0. The lowest BCUT2D eigenvalue weighted by atomic mass is 10.2. The molecule has 0 atom stereocenters. The zero-order chi connectivity index (χ0) is 12.2. The van der Waals surface area contributed by atoms with Crippen molar-refractivity contribution in [3.63, 3.8) is 0 Å². The van der Waals surface area contributed by atoms with Gasteiger partial charge in [0.2, 0.25) is 0 Å². The number of hydrogen-bond donors (Lipinski definition) is 2. The molecule has 1 heterocycles. The van der Waals surface area contributed by atoms with E-state index in [-0.39, 0.29) is 0 Å². The topological polar surface area (TPSA) is 40.2 Å². The van der Waals surface area contributed by atoms with E-state index >= 15 is 0 Å². The van der Waals surface area contributed by atoms with Gasteiger partial charge < -0.3 is 4.98 Å². The Morgan fingerprint density at radius 3 is 2.56 bits per heavy atom. The molecule has 0 aliphatic carbocycles. The number of H-pyrrole nitrogens is 1. The van der Waals surface area contributed by atoms with Crippen molar-refractivity contribution in [3.8, 4) is 0 Å². The van der Waals surface area contributed by atoms with Crippen molar-refractivity contribution in [2.45, 2.75) is 0 Å². The molecular formula is C15H13N3. The molecule has 0 radical (unpaired) electrons. The Hall–Kier alpha value is -2.55. The van der Waals surface area contributed by atoms with Crippen LogP contribution in [0.15, 0.2) is 65.8 Å². The number of hydrazone groups is 1. The maximum absolute atomic E-state index is 4.20. The van der Waals surface area contributed by atoms with Gasteiger partial charge in [-0.2, -0.15) is 5.10 Å². The van der Waals surface area contributed by atoms with Gasteiger partial charge in [0.15, 0.2) is 0 Å². The third-order valence-corrected chi connectivity index (χ3v) is 2.72. The minimum Gasteiger partial charge on any atom is -0.354 e. The molecule has 88 valence electrons. The van der Waals surface area contributed by atoms with Gasteiger partial charge in [-0.25, -0.2) is 0 Å². The van der Waals surface area contributed by atoms with Crippen LogP contribution >= 0.6 is 0 Å². The number of benzene rings is 2. The molecule has 18 heavy (non-hydrogen) atoms. The van der Waals surface area contributed by atoms with E-state index in [1.54, 1.807) is 6.21 Å². The van der Waals surface area contributed by atoms with Gasteiger partial charge >= 0.3 is 0 Å². The number of hydrogen-bond acceptors (Lipinski definition) is 2. The molecule has 0 amide bonds. The Labute approximate surface area is 105 Å². The number of rotatable bonds is 3. The first-order chi connectivity index (χ1) is 8.92. The zero-order valence-electron chi connectivity index (χ0n) is 9.80. The molecule has 3 nitrogen and oxygen atoms in total. The Morgan fingerprint density at radius 1 is 0.944 bits per heavy atom. The van der Waals surface area contributed by atoms with Crippen molar-refractivity contribution in [1.82, 2.24) is 4.98 Å². The largest absolute Gasteiger partial charge is 0.354 e. The summed E-state index contributed by atoms with van der Waals surface area (Å²) in [6, 6.07) is 20.1. The predicted molar refractivity (Wildman–Crippen MR) is 76.0 cm³/mol. The second-order valence-corrected chi connectivity index (χ2v) is 4.05. The lowest BCUT2D eigenvalue weighted by molar-refractivity contribution is 1.33. The van der Waals surface area contributed by atoms with Gasteiger partial charge in [0, 0.05) is 10.9 Å². The minimum absolute atomic E-state index is 0.977. The van der Waals surface area contributed by atoms with E-state index in [0.29, 0.717) is 0 Å². The summed E-state index contributed by atoms with van der Waals surface area (Å²) in [5, 5.41) is 5.39. The molecule has 0 spiro atoms. The van der Waals surface area contributed by atoms with E-state index in [1.165, 1.54) is 5.39 Å². The van der Waals surface area contributed by atoms with E-state index in [1.807, 2.05) is 42.5 Å². The summed E-state index contributed by atoms with van der Waals surface area (Å²) in [4.78, 5) is 3.29. The first-order valence-electron chi connectivity index (χ1n) is 5.84. The maximum Gasteiger partial charge on any atom is 0.0707 e.